The number of nitrogens with zero attached hydrogens (tertiary/aromatic N) is 1. The number of hydrogen-bond donors (Lipinski definition) is 1. The van der Waals surface area contributed by atoms with E-state index in [2.05, 4.69) is 31.0 Å². The van der Waals surface area contributed by atoms with Crippen LogP contribution in [0.25, 0.3) is 0 Å². The molecular formula is C13H10BrF3N2O2. The molecule has 1 heterocycles. The second-order valence-electron chi connectivity index (χ2n) is 3.90. The van der Waals surface area contributed by atoms with Crippen LogP contribution in [0.1, 0.15) is 0 Å². The highest BCUT2D eigenvalue weighted by molar-refractivity contribution is 9.10. The zero-order chi connectivity index (χ0) is 15.5. The highest BCUT2D eigenvalue weighted by Crippen LogP contribution is 2.34. The fraction of sp³-hybridized carbons (Fsp3) is 0.154. The van der Waals surface area contributed by atoms with Crippen LogP contribution in [0.5, 0.6) is 17.2 Å². The van der Waals surface area contributed by atoms with E-state index >= 15 is 0 Å². The van der Waals surface area contributed by atoms with Gasteiger partial charge in [-0.2, -0.15) is 0 Å². The maximum atomic E-state index is 12.2. The van der Waals surface area contributed by atoms with Crippen molar-refractivity contribution in [3.8, 4) is 17.2 Å². The van der Waals surface area contributed by atoms with E-state index in [4.69, 9.17) is 4.74 Å². The molecule has 1 N–H and O–H groups in total. The number of nitrogens with one attached hydrogen (secondary N) is 1. The Labute approximate surface area is 127 Å². The van der Waals surface area contributed by atoms with Crippen LogP contribution in [0.3, 0.4) is 0 Å². The molecule has 0 saturated heterocycles. The van der Waals surface area contributed by atoms with Gasteiger partial charge in [-0.15, -0.1) is 13.2 Å². The van der Waals surface area contributed by atoms with Crippen LogP contribution in [0.4, 0.5) is 18.9 Å². The summed E-state index contributed by atoms with van der Waals surface area (Å²) in [5.74, 6) is 0.474. The van der Waals surface area contributed by atoms with Gasteiger partial charge in [0.05, 0.1) is 22.6 Å². The lowest BCUT2D eigenvalue weighted by Gasteiger charge is -2.12. The maximum Gasteiger partial charge on any atom is 0.573 e. The van der Waals surface area contributed by atoms with Crippen molar-refractivity contribution in [2.45, 2.75) is 6.36 Å². The number of aromatic nitrogens is 1. The molecule has 0 bridgehead atoms. The summed E-state index contributed by atoms with van der Waals surface area (Å²) in [7, 11) is 1.74. The standard InChI is InChI=1S/C13H10BrF3N2O2/c1-18-8-4-10(7-19-6-8)20-9-2-3-12(11(14)5-9)21-13(15,16)17/h2-7,18H,1H3. The molecule has 0 saturated carbocycles. The Kier molecular flexibility index (Phi) is 4.56. The quantitative estimate of drug-likeness (QED) is 0.864. The van der Waals surface area contributed by atoms with Gasteiger partial charge in [0.2, 0.25) is 0 Å². The minimum Gasteiger partial charge on any atom is -0.456 e. The van der Waals surface area contributed by atoms with Crippen molar-refractivity contribution in [2.75, 3.05) is 12.4 Å². The van der Waals surface area contributed by atoms with Gasteiger partial charge in [0, 0.05) is 13.1 Å². The largest absolute Gasteiger partial charge is 0.573 e. The molecule has 0 amide bonds. The van der Waals surface area contributed by atoms with Crippen molar-refractivity contribution in [1.82, 2.24) is 4.98 Å². The normalized spacial score (nSPS) is 11.1. The molecule has 0 unspecified atom stereocenters. The molecular weight excluding hydrogens is 353 g/mol. The number of alkyl halides is 3. The molecule has 0 atom stereocenters. The van der Waals surface area contributed by atoms with Gasteiger partial charge in [-0.3, -0.25) is 4.98 Å². The van der Waals surface area contributed by atoms with Gasteiger partial charge in [0.15, 0.2) is 0 Å². The second kappa shape index (κ2) is 6.21. The molecule has 0 fully saturated rings. The smallest absolute Gasteiger partial charge is 0.456 e. The Morgan fingerprint density at radius 2 is 1.90 bits per heavy atom. The monoisotopic (exact) mass is 362 g/mol. The number of pyridine rings is 1. The van der Waals surface area contributed by atoms with E-state index in [9.17, 15) is 13.2 Å². The highest BCUT2D eigenvalue weighted by atomic mass is 79.9. The number of hydrogen-bond acceptors (Lipinski definition) is 4. The minimum atomic E-state index is -4.74. The third kappa shape index (κ3) is 4.52. The van der Waals surface area contributed by atoms with Crippen molar-refractivity contribution >= 4 is 21.6 Å². The first-order valence-corrected chi connectivity index (χ1v) is 6.52. The Hall–Kier alpha value is -1.96. The average Bonchev–Trinajstić information content (AvgIpc) is 2.41. The summed E-state index contributed by atoms with van der Waals surface area (Å²) in [6, 6.07) is 5.63. The summed E-state index contributed by atoms with van der Waals surface area (Å²) >= 11 is 3.01. The van der Waals surface area contributed by atoms with Gasteiger partial charge in [-0.25, -0.2) is 0 Å². The molecule has 4 nitrogen and oxygen atoms in total. The fourth-order valence-electron chi connectivity index (χ4n) is 1.50. The number of benzene rings is 1. The Bertz CT molecular complexity index is 635. The minimum absolute atomic E-state index is 0.134. The van der Waals surface area contributed by atoms with Gasteiger partial charge < -0.3 is 14.8 Å². The van der Waals surface area contributed by atoms with Crippen LogP contribution in [0, 0.1) is 0 Å². The van der Waals surface area contributed by atoms with E-state index in [1.807, 2.05) is 0 Å². The number of halogens is 4. The lowest BCUT2D eigenvalue weighted by Crippen LogP contribution is -2.17. The van der Waals surface area contributed by atoms with E-state index in [0.717, 1.165) is 5.69 Å². The van der Waals surface area contributed by atoms with Crippen molar-refractivity contribution in [2.24, 2.45) is 0 Å². The summed E-state index contributed by atoms with van der Waals surface area (Å²) in [5, 5.41) is 2.90. The Balaban J connectivity index is 2.16. The van der Waals surface area contributed by atoms with E-state index < -0.39 is 6.36 Å². The first-order valence-electron chi connectivity index (χ1n) is 5.73. The van der Waals surface area contributed by atoms with Crippen LogP contribution < -0.4 is 14.8 Å². The zero-order valence-corrected chi connectivity index (χ0v) is 12.3. The predicted molar refractivity (Wildman–Crippen MR) is 74.7 cm³/mol. The molecule has 21 heavy (non-hydrogen) atoms. The van der Waals surface area contributed by atoms with Gasteiger partial charge >= 0.3 is 6.36 Å². The Morgan fingerprint density at radius 1 is 1.14 bits per heavy atom. The SMILES string of the molecule is CNc1cncc(Oc2ccc(OC(F)(F)F)c(Br)c2)c1. The molecule has 1 aromatic heterocycles. The predicted octanol–water partition coefficient (Wildman–Crippen LogP) is 4.58. The molecule has 0 aliphatic carbocycles. The molecule has 0 spiro atoms. The van der Waals surface area contributed by atoms with E-state index in [1.165, 1.54) is 24.4 Å². The molecule has 8 heteroatoms. The van der Waals surface area contributed by atoms with Crippen LogP contribution >= 0.6 is 15.9 Å². The molecule has 0 aliphatic heterocycles. The molecule has 1 aromatic carbocycles. The molecule has 0 aliphatic rings. The molecule has 2 rings (SSSR count). The van der Waals surface area contributed by atoms with Gasteiger partial charge in [0.1, 0.15) is 17.2 Å². The summed E-state index contributed by atoms with van der Waals surface area (Å²) in [6.45, 7) is 0. The first kappa shape index (κ1) is 15.4. The van der Waals surface area contributed by atoms with Crippen molar-refractivity contribution < 1.29 is 22.6 Å². The Morgan fingerprint density at radius 3 is 2.52 bits per heavy atom. The zero-order valence-electron chi connectivity index (χ0n) is 10.7. The summed E-state index contributed by atoms with van der Waals surface area (Å²) in [4.78, 5) is 3.97. The third-order valence-corrected chi connectivity index (χ3v) is 2.99. The van der Waals surface area contributed by atoms with Crippen LogP contribution in [0.15, 0.2) is 41.1 Å². The molecule has 112 valence electrons. The van der Waals surface area contributed by atoms with Crippen LogP contribution in [-0.4, -0.2) is 18.4 Å². The van der Waals surface area contributed by atoms with E-state index in [-0.39, 0.29) is 10.2 Å². The number of ether oxygens (including phenoxy) is 2. The topological polar surface area (TPSA) is 43.4 Å². The fourth-order valence-corrected chi connectivity index (χ4v) is 1.94. The van der Waals surface area contributed by atoms with Crippen molar-refractivity contribution in [3.05, 3.63) is 41.1 Å². The van der Waals surface area contributed by atoms with Crippen LogP contribution in [0.2, 0.25) is 0 Å². The van der Waals surface area contributed by atoms with E-state index in [1.54, 1.807) is 19.3 Å². The van der Waals surface area contributed by atoms with E-state index in [0.29, 0.717) is 11.5 Å². The summed E-state index contributed by atoms with van der Waals surface area (Å²) in [6.07, 6.45) is -1.63. The first-order chi connectivity index (χ1) is 9.87. The highest BCUT2D eigenvalue weighted by Gasteiger charge is 2.32. The summed E-state index contributed by atoms with van der Waals surface area (Å²) < 4.78 is 46.0. The van der Waals surface area contributed by atoms with Gasteiger partial charge in [-0.05, 0) is 34.1 Å². The maximum absolute atomic E-state index is 12.2. The van der Waals surface area contributed by atoms with Crippen molar-refractivity contribution in [1.29, 1.82) is 0 Å². The van der Waals surface area contributed by atoms with Crippen LogP contribution in [-0.2, 0) is 0 Å². The van der Waals surface area contributed by atoms with Crippen molar-refractivity contribution in [3.63, 3.8) is 0 Å². The lowest BCUT2D eigenvalue weighted by molar-refractivity contribution is -0.274. The second-order valence-corrected chi connectivity index (χ2v) is 4.76. The van der Waals surface area contributed by atoms with Gasteiger partial charge in [0.25, 0.3) is 0 Å². The number of anilines is 1. The van der Waals surface area contributed by atoms with Gasteiger partial charge in [-0.1, -0.05) is 0 Å². The summed E-state index contributed by atoms with van der Waals surface area (Å²) in [5.41, 5.74) is 0.753. The molecule has 2 aromatic rings. The third-order valence-electron chi connectivity index (χ3n) is 2.37. The lowest BCUT2D eigenvalue weighted by atomic mass is 10.3. The molecule has 0 radical (unpaired) electrons. The average molecular weight is 363 g/mol. The number of rotatable bonds is 4.